The predicted octanol–water partition coefficient (Wildman–Crippen LogP) is 4.91. The lowest BCUT2D eigenvalue weighted by molar-refractivity contribution is 0.0745. The first-order valence-corrected chi connectivity index (χ1v) is 10.7. The topological polar surface area (TPSA) is 51.7 Å². The molecule has 0 N–H and O–H groups in total. The number of carbonyl (C=O) groups is 1. The molecule has 6 heteroatoms. The highest BCUT2D eigenvalue weighted by Gasteiger charge is 2.19. The second kappa shape index (κ2) is 8.16. The Morgan fingerprint density at radius 1 is 0.967 bits per heavy atom. The molecule has 0 aliphatic carbocycles. The van der Waals surface area contributed by atoms with Gasteiger partial charge < -0.3 is 14.4 Å². The van der Waals surface area contributed by atoms with Gasteiger partial charge in [0, 0.05) is 18.7 Å². The van der Waals surface area contributed by atoms with Crippen LogP contribution < -0.4 is 9.47 Å². The van der Waals surface area contributed by atoms with Crippen LogP contribution in [0.2, 0.25) is 0 Å². The molecule has 5 nitrogen and oxygen atoms in total. The summed E-state index contributed by atoms with van der Waals surface area (Å²) in [6.45, 7) is 1.37. The van der Waals surface area contributed by atoms with E-state index in [9.17, 15) is 4.79 Å². The van der Waals surface area contributed by atoms with Crippen molar-refractivity contribution in [1.29, 1.82) is 0 Å². The van der Waals surface area contributed by atoms with E-state index in [4.69, 9.17) is 9.47 Å². The smallest absolute Gasteiger partial charge is 0.254 e. The normalized spacial score (nSPS) is 12.3. The molecule has 0 spiro atoms. The highest BCUT2D eigenvalue weighted by molar-refractivity contribution is 7.16. The average Bonchev–Trinajstić information content (AvgIpc) is 3.45. The van der Waals surface area contributed by atoms with E-state index in [-0.39, 0.29) is 12.7 Å². The van der Waals surface area contributed by atoms with E-state index >= 15 is 0 Å². The predicted molar refractivity (Wildman–Crippen MR) is 117 cm³/mol. The minimum atomic E-state index is 0.0129. The van der Waals surface area contributed by atoms with Gasteiger partial charge in [-0.15, -0.1) is 11.3 Å². The van der Waals surface area contributed by atoms with E-state index in [0.717, 1.165) is 33.7 Å². The molecule has 0 saturated carbocycles. The summed E-state index contributed by atoms with van der Waals surface area (Å²) >= 11 is 1.55. The molecule has 30 heavy (non-hydrogen) atoms. The molecule has 0 saturated heterocycles. The van der Waals surface area contributed by atoms with Crippen LogP contribution in [-0.2, 0) is 13.0 Å². The zero-order valence-electron chi connectivity index (χ0n) is 16.3. The summed E-state index contributed by atoms with van der Waals surface area (Å²) in [6.07, 6.45) is 0.792. The Kier molecular flexibility index (Phi) is 5.07. The van der Waals surface area contributed by atoms with Gasteiger partial charge in [-0.1, -0.05) is 36.4 Å². The fourth-order valence-corrected chi connectivity index (χ4v) is 4.31. The molecule has 2 heterocycles. The summed E-state index contributed by atoms with van der Waals surface area (Å²) in [4.78, 5) is 19.6. The average molecular weight is 417 g/mol. The number of fused-ring (bicyclic) bond motifs is 2. The summed E-state index contributed by atoms with van der Waals surface area (Å²) in [5.74, 6) is 1.49. The molecule has 5 rings (SSSR count). The highest BCUT2D eigenvalue weighted by atomic mass is 32.1. The third kappa shape index (κ3) is 3.86. The van der Waals surface area contributed by atoms with Crippen molar-refractivity contribution in [2.24, 2.45) is 0 Å². The number of carbonyl (C=O) groups excluding carboxylic acids is 1. The Morgan fingerprint density at radius 2 is 1.83 bits per heavy atom. The van der Waals surface area contributed by atoms with E-state index < -0.39 is 0 Å². The first-order valence-electron chi connectivity index (χ1n) is 9.81. The molecular formula is C24H20N2O3S. The minimum absolute atomic E-state index is 0.0129. The van der Waals surface area contributed by atoms with Crippen LogP contribution in [0, 0.1) is 0 Å². The SMILES string of the molecule is O=C(c1ccc2ncsc2c1)N(CCc1ccccc1)Cc1ccc2c(c1)OCO2. The van der Waals surface area contributed by atoms with Crippen molar-refractivity contribution in [3.8, 4) is 11.5 Å². The molecule has 3 aromatic carbocycles. The Labute approximate surface area is 178 Å². The van der Waals surface area contributed by atoms with Crippen LogP contribution in [-0.4, -0.2) is 29.1 Å². The first-order chi connectivity index (χ1) is 14.8. The number of hydrogen-bond acceptors (Lipinski definition) is 5. The van der Waals surface area contributed by atoms with Gasteiger partial charge in [-0.05, 0) is 47.9 Å². The third-order valence-corrected chi connectivity index (χ3v) is 5.98. The van der Waals surface area contributed by atoms with Gasteiger partial charge in [0.05, 0.1) is 15.7 Å². The van der Waals surface area contributed by atoms with Crippen LogP contribution in [0.4, 0.5) is 0 Å². The van der Waals surface area contributed by atoms with E-state index in [2.05, 4.69) is 17.1 Å². The van der Waals surface area contributed by atoms with Gasteiger partial charge in [0.2, 0.25) is 6.79 Å². The molecule has 4 aromatic rings. The Bertz CT molecular complexity index is 1190. The Morgan fingerprint density at radius 3 is 2.73 bits per heavy atom. The van der Waals surface area contributed by atoms with E-state index in [1.165, 1.54) is 5.56 Å². The summed E-state index contributed by atoms with van der Waals surface area (Å²) in [6, 6.07) is 21.8. The van der Waals surface area contributed by atoms with Crippen molar-refractivity contribution in [1.82, 2.24) is 9.88 Å². The number of thiazole rings is 1. The van der Waals surface area contributed by atoms with Gasteiger partial charge >= 0.3 is 0 Å². The van der Waals surface area contributed by atoms with Crippen LogP contribution in [0.1, 0.15) is 21.5 Å². The molecule has 0 unspecified atom stereocenters. The van der Waals surface area contributed by atoms with Crippen molar-refractivity contribution >= 4 is 27.5 Å². The molecule has 0 radical (unpaired) electrons. The molecule has 150 valence electrons. The summed E-state index contributed by atoms with van der Waals surface area (Å²) in [5.41, 5.74) is 5.63. The number of amides is 1. The quantitative estimate of drug-likeness (QED) is 0.448. The van der Waals surface area contributed by atoms with Crippen molar-refractivity contribution in [2.75, 3.05) is 13.3 Å². The summed E-state index contributed by atoms with van der Waals surface area (Å²) < 4.78 is 11.9. The zero-order valence-corrected chi connectivity index (χ0v) is 17.1. The first kappa shape index (κ1) is 18.6. The van der Waals surface area contributed by atoms with E-state index in [0.29, 0.717) is 18.7 Å². The maximum atomic E-state index is 13.4. The van der Waals surface area contributed by atoms with Gasteiger partial charge in [-0.3, -0.25) is 4.79 Å². The van der Waals surface area contributed by atoms with Crippen LogP contribution in [0.3, 0.4) is 0 Å². The maximum absolute atomic E-state index is 13.4. The molecule has 1 aromatic heterocycles. The zero-order chi connectivity index (χ0) is 20.3. The maximum Gasteiger partial charge on any atom is 0.254 e. The van der Waals surface area contributed by atoms with Crippen molar-refractivity contribution in [2.45, 2.75) is 13.0 Å². The molecule has 0 fully saturated rings. The van der Waals surface area contributed by atoms with Gasteiger partial charge in [-0.25, -0.2) is 4.98 Å². The molecule has 0 bridgehead atoms. The largest absolute Gasteiger partial charge is 0.454 e. The number of nitrogens with zero attached hydrogens (tertiary/aromatic N) is 2. The van der Waals surface area contributed by atoms with Gasteiger partial charge in [0.25, 0.3) is 5.91 Å². The van der Waals surface area contributed by atoms with Gasteiger partial charge in [-0.2, -0.15) is 0 Å². The third-order valence-electron chi connectivity index (χ3n) is 5.19. The van der Waals surface area contributed by atoms with Crippen LogP contribution in [0.25, 0.3) is 10.2 Å². The number of ether oxygens (including phenoxy) is 2. The second-order valence-corrected chi connectivity index (χ2v) is 8.07. The number of rotatable bonds is 6. The monoisotopic (exact) mass is 416 g/mol. The fraction of sp³-hybridized carbons (Fsp3) is 0.167. The van der Waals surface area contributed by atoms with Crippen LogP contribution in [0.15, 0.2) is 72.2 Å². The summed E-state index contributed by atoms with van der Waals surface area (Å²) in [5, 5.41) is 0. The van der Waals surface area contributed by atoms with Crippen LogP contribution >= 0.6 is 11.3 Å². The highest BCUT2D eigenvalue weighted by Crippen LogP contribution is 2.33. The van der Waals surface area contributed by atoms with E-state index in [1.807, 2.05) is 59.5 Å². The number of benzene rings is 3. The molecule has 0 atom stereocenters. The molecule has 1 aliphatic heterocycles. The lowest BCUT2D eigenvalue weighted by atomic mass is 10.1. The Hall–Kier alpha value is -3.38. The number of aromatic nitrogens is 1. The molecule has 1 aliphatic rings. The van der Waals surface area contributed by atoms with Gasteiger partial charge in [0.1, 0.15) is 0 Å². The number of hydrogen-bond donors (Lipinski definition) is 0. The Balaban J connectivity index is 1.41. The lowest BCUT2D eigenvalue weighted by Gasteiger charge is -2.23. The second-order valence-electron chi connectivity index (χ2n) is 7.18. The van der Waals surface area contributed by atoms with E-state index in [1.54, 1.807) is 16.8 Å². The van der Waals surface area contributed by atoms with Crippen molar-refractivity contribution in [3.05, 3.63) is 88.9 Å². The van der Waals surface area contributed by atoms with Crippen molar-refractivity contribution < 1.29 is 14.3 Å². The standard InChI is InChI=1S/C24H20N2O3S/c27-24(19-7-8-20-23(13-19)30-15-25-20)26(11-10-17-4-2-1-3-5-17)14-18-6-9-21-22(12-18)29-16-28-21/h1-9,12-13,15H,10-11,14,16H2. The van der Waals surface area contributed by atoms with Crippen molar-refractivity contribution in [3.63, 3.8) is 0 Å². The molecular weight excluding hydrogens is 396 g/mol. The van der Waals surface area contributed by atoms with Gasteiger partial charge in [0.15, 0.2) is 11.5 Å². The lowest BCUT2D eigenvalue weighted by Crippen LogP contribution is -2.32. The fourth-order valence-electron chi connectivity index (χ4n) is 3.59. The van der Waals surface area contributed by atoms with Crippen LogP contribution in [0.5, 0.6) is 11.5 Å². The molecule has 1 amide bonds. The minimum Gasteiger partial charge on any atom is -0.454 e. The summed E-state index contributed by atoms with van der Waals surface area (Å²) in [7, 11) is 0.